The molecule has 2 heteroatoms. The van der Waals surface area contributed by atoms with Gasteiger partial charge in [0.05, 0.1) is 26.4 Å². The van der Waals surface area contributed by atoms with Crippen LogP contribution in [0, 0.1) is 5.41 Å². The maximum Gasteiger partial charge on any atom is 0.0721 e. The van der Waals surface area contributed by atoms with Crippen molar-refractivity contribution in [1.29, 1.82) is 0 Å². The summed E-state index contributed by atoms with van der Waals surface area (Å²) < 4.78 is 11.6. The first-order valence-corrected chi connectivity index (χ1v) is 11.4. The van der Waals surface area contributed by atoms with Crippen LogP contribution >= 0.6 is 0 Å². The summed E-state index contributed by atoms with van der Waals surface area (Å²) in [6.07, 6.45) is 18.1. The first-order valence-electron chi connectivity index (χ1n) is 11.4. The van der Waals surface area contributed by atoms with E-state index in [-0.39, 0.29) is 0 Å². The molecule has 2 nitrogen and oxygen atoms in total. The number of hydrogen-bond donors (Lipinski definition) is 0. The summed E-state index contributed by atoms with van der Waals surface area (Å²) in [7, 11) is 0. The normalized spacial score (nSPS) is 16.4. The van der Waals surface area contributed by atoms with Gasteiger partial charge in [0.1, 0.15) is 0 Å². The molecule has 0 aromatic heterocycles. The number of allylic oxidation sites excluding steroid dienone is 2. The van der Waals surface area contributed by atoms with Gasteiger partial charge in [-0.15, -0.1) is 0 Å². The Bertz CT molecular complexity index is 683. The lowest BCUT2D eigenvalue weighted by Crippen LogP contribution is -2.22. The Balaban J connectivity index is 1.36. The maximum atomic E-state index is 5.79. The monoisotopic (exact) mass is 404 g/mol. The molecule has 1 saturated carbocycles. The molecular weight excluding hydrogens is 368 g/mol. The number of benzene rings is 2. The van der Waals surface area contributed by atoms with E-state index in [9.17, 15) is 0 Å². The van der Waals surface area contributed by atoms with Gasteiger partial charge in [0, 0.05) is 0 Å². The fraction of sp³-hybridized carbons (Fsp3) is 0.429. The molecule has 160 valence electrons. The molecule has 0 atom stereocenters. The van der Waals surface area contributed by atoms with Crippen molar-refractivity contribution in [2.75, 3.05) is 13.2 Å². The number of rotatable bonds is 12. The molecule has 1 aliphatic rings. The van der Waals surface area contributed by atoms with Crippen LogP contribution in [0.25, 0.3) is 0 Å². The SMILES string of the molecule is C(=C\CC1(C/C=C/COCc2ccccc2)CCCCC1)/COCc1ccccc1. The van der Waals surface area contributed by atoms with E-state index in [1.807, 2.05) is 12.1 Å². The number of hydrogen-bond acceptors (Lipinski definition) is 2. The van der Waals surface area contributed by atoms with Crippen molar-refractivity contribution in [3.63, 3.8) is 0 Å². The fourth-order valence-corrected chi connectivity index (χ4v) is 4.23. The zero-order valence-electron chi connectivity index (χ0n) is 18.2. The number of ether oxygens (including phenoxy) is 2. The zero-order chi connectivity index (χ0) is 20.7. The van der Waals surface area contributed by atoms with E-state index >= 15 is 0 Å². The Kier molecular flexibility index (Phi) is 9.91. The van der Waals surface area contributed by atoms with Crippen LogP contribution in [0.1, 0.15) is 56.1 Å². The molecule has 1 fully saturated rings. The molecule has 2 aromatic carbocycles. The summed E-state index contributed by atoms with van der Waals surface area (Å²) >= 11 is 0. The molecule has 0 bridgehead atoms. The van der Waals surface area contributed by atoms with Gasteiger partial charge >= 0.3 is 0 Å². The van der Waals surface area contributed by atoms with Gasteiger partial charge in [0.15, 0.2) is 0 Å². The van der Waals surface area contributed by atoms with Gasteiger partial charge in [-0.25, -0.2) is 0 Å². The topological polar surface area (TPSA) is 18.5 Å². The van der Waals surface area contributed by atoms with Gasteiger partial charge in [0.2, 0.25) is 0 Å². The largest absolute Gasteiger partial charge is 0.373 e. The van der Waals surface area contributed by atoms with Crippen LogP contribution in [0.2, 0.25) is 0 Å². The Labute approximate surface area is 182 Å². The van der Waals surface area contributed by atoms with Crippen molar-refractivity contribution in [2.45, 2.75) is 58.2 Å². The minimum Gasteiger partial charge on any atom is -0.373 e. The van der Waals surface area contributed by atoms with Gasteiger partial charge in [-0.2, -0.15) is 0 Å². The van der Waals surface area contributed by atoms with Crippen molar-refractivity contribution in [1.82, 2.24) is 0 Å². The molecule has 0 N–H and O–H groups in total. The van der Waals surface area contributed by atoms with E-state index in [2.05, 4.69) is 72.8 Å². The molecule has 0 heterocycles. The minimum atomic E-state index is 0.421. The highest BCUT2D eigenvalue weighted by Gasteiger charge is 2.29. The molecule has 0 saturated heterocycles. The van der Waals surface area contributed by atoms with E-state index in [0.29, 0.717) is 31.8 Å². The lowest BCUT2D eigenvalue weighted by Gasteiger charge is -2.36. The van der Waals surface area contributed by atoms with Crippen LogP contribution in [-0.4, -0.2) is 13.2 Å². The molecule has 2 aromatic rings. The third kappa shape index (κ3) is 8.30. The standard InChI is InChI=1S/C28H36O2/c1-4-14-26(15-5-1)24-29-22-12-10-20-28(18-8-3-9-19-28)21-11-13-23-30-25-27-16-6-2-7-17-27/h1-2,4-7,10-17H,3,8-9,18-25H2/b12-10+,13-11+. The Morgan fingerprint density at radius 3 is 1.53 bits per heavy atom. The lowest BCUT2D eigenvalue weighted by atomic mass is 9.69. The van der Waals surface area contributed by atoms with Crippen molar-refractivity contribution in [2.24, 2.45) is 5.41 Å². The fourth-order valence-electron chi connectivity index (χ4n) is 4.23. The molecule has 0 aliphatic heterocycles. The molecule has 1 aliphatic carbocycles. The summed E-state index contributed by atoms with van der Waals surface area (Å²) in [5.74, 6) is 0. The van der Waals surface area contributed by atoms with Crippen LogP contribution in [0.3, 0.4) is 0 Å². The lowest BCUT2D eigenvalue weighted by molar-refractivity contribution is 0.147. The second-order valence-electron chi connectivity index (χ2n) is 8.41. The van der Waals surface area contributed by atoms with E-state index < -0.39 is 0 Å². The van der Waals surface area contributed by atoms with Gasteiger partial charge in [-0.3, -0.25) is 0 Å². The van der Waals surface area contributed by atoms with Crippen molar-refractivity contribution in [3.05, 3.63) is 96.1 Å². The van der Waals surface area contributed by atoms with Crippen molar-refractivity contribution in [3.8, 4) is 0 Å². The quantitative estimate of drug-likeness (QED) is 0.274. The molecule has 3 rings (SSSR count). The van der Waals surface area contributed by atoms with Gasteiger partial charge in [-0.1, -0.05) is 104 Å². The first-order chi connectivity index (χ1) is 14.9. The summed E-state index contributed by atoms with van der Waals surface area (Å²) in [6.45, 7) is 2.74. The Morgan fingerprint density at radius 2 is 1.07 bits per heavy atom. The second-order valence-corrected chi connectivity index (χ2v) is 8.41. The van der Waals surface area contributed by atoms with Crippen LogP contribution in [0.15, 0.2) is 85.0 Å². The van der Waals surface area contributed by atoms with Crippen molar-refractivity contribution < 1.29 is 9.47 Å². The van der Waals surface area contributed by atoms with E-state index in [1.165, 1.54) is 43.2 Å². The van der Waals surface area contributed by atoms with Crippen molar-refractivity contribution >= 4 is 0 Å². The average molecular weight is 405 g/mol. The van der Waals surface area contributed by atoms with E-state index in [1.54, 1.807) is 0 Å². The Hall–Kier alpha value is -2.16. The highest BCUT2D eigenvalue weighted by atomic mass is 16.5. The van der Waals surface area contributed by atoms with Crippen LogP contribution in [0.4, 0.5) is 0 Å². The highest BCUT2D eigenvalue weighted by Crippen LogP contribution is 2.42. The van der Waals surface area contributed by atoms with Crippen LogP contribution in [0.5, 0.6) is 0 Å². The minimum absolute atomic E-state index is 0.421. The second kappa shape index (κ2) is 13.2. The van der Waals surface area contributed by atoms with E-state index in [4.69, 9.17) is 9.47 Å². The van der Waals surface area contributed by atoms with E-state index in [0.717, 1.165) is 12.8 Å². The maximum absolute atomic E-state index is 5.79. The van der Waals surface area contributed by atoms with Crippen LogP contribution in [-0.2, 0) is 22.7 Å². The summed E-state index contributed by atoms with van der Waals surface area (Å²) in [5, 5.41) is 0. The van der Waals surface area contributed by atoms with Crippen LogP contribution < -0.4 is 0 Å². The highest BCUT2D eigenvalue weighted by molar-refractivity contribution is 5.14. The summed E-state index contributed by atoms with van der Waals surface area (Å²) in [4.78, 5) is 0. The molecule has 30 heavy (non-hydrogen) atoms. The predicted octanol–water partition coefficient (Wildman–Crippen LogP) is 7.26. The average Bonchev–Trinajstić information content (AvgIpc) is 2.80. The molecule has 0 spiro atoms. The molecular formula is C28H36O2. The summed E-state index contributed by atoms with van der Waals surface area (Å²) in [6, 6.07) is 20.7. The Morgan fingerprint density at radius 1 is 0.600 bits per heavy atom. The predicted molar refractivity (Wildman–Crippen MR) is 125 cm³/mol. The van der Waals surface area contributed by atoms with Gasteiger partial charge in [0.25, 0.3) is 0 Å². The van der Waals surface area contributed by atoms with Gasteiger partial charge in [-0.05, 0) is 42.2 Å². The summed E-state index contributed by atoms with van der Waals surface area (Å²) in [5.41, 5.74) is 2.88. The third-order valence-corrected chi connectivity index (χ3v) is 6.00. The first kappa shape index (κ1) is 22.5. The zero-order valence-corrected chi connectivity index (χ0v) is 18.2. The molecule has 0 amide bonds. The third-order valence-electron chi connectivity index (χ3n) is 6.00. The molecule has 0 unspecified atom stereocenters. The molecule has 0 radical (unpaired) electrons. The smallest absolute Gasteiger partial charge is 0.0721 e. The van der Waals surface area contributed by atoms with Gasteiger partial charge < -0.3 is 9.47 Å².